The van der Waals surface area contributed by atoms with E-state index in [9.17, 15) is 4.79 Å². The molecule has 0 aromatic heterocycles. The lowest BCUT2D eigenvalue weighted by molar-refractivity contribution is 0.00707. The van der Waals surface area contributed by atoms with Gasteiger partial charge in [-0.2, -0.15) is 0 Å². The molecule has 0 bridgehead atoms. The molecule has 0 radical (unpaired) electrons. The first-order valence-electron chi connectivity index (χ1n) is 6.79. The van der Waals surface area contributed by atoms with Crippen LogP contribution < -0.4 is 10.6 Å². The Bertz CT molecular complexity index is 518. The third-order valence-electron chi connectivity index (χ3n) is 2.74. The molecule has 0 unspecified atom stereocenters. The van der Waals surface area contributed by atoms with Crippen LogP contribution in [0.25, 0.3) is 0 Å². The van der Waals surface area contributed by atoms with Crippen molar-refractivity contribution in [3.8, 4) is 0 Å². The van der Waals surface area contributed by atoms with Gasteiger partial charge in [-0.1, -0.05) is 12.1 Å². The quantitative estimate of drug-likeness (QED) is 0.826. The standard InChI is InChI=1S/C15H21N3O2/c1-15(2,3)20-14(19)11-6-4-5-7-12(11)18-10-13-16-8-9-17-13/h4-7,18H,8-10H2,1-3H3,(H,16,17). The number of aliphatic imine (C=N–C) groups is 1. The van der Waals surface area contributed by atoms with Gasteiger partial charge in [-0.25, -0.2) is 4.79 Å². The highest BCUT2D eigenvalue weighted by Gasteiger charge is 2.20. The van der Waals surface area contributed by atoms with Crippen molar-refractivity contribution >= 4 is 17.5 Å². The topological polar surface area (TPSA) is 62.7 Å². The molecular weight excluding hydrogens is 254 g/mol. The summed E-state index contributed by atoms with van der Waals surface area (Å²) in [5, 5.41) is 6.41. The average Bonchev–Trinajstić information content (AvgIpc) is 2.87. The van der Waals surface area contributed by atoms with E-state index in [4.69, 9.17) is 4.74 Å². The summed E-state index contributed by atoms with van der Waals surface area (Å²) in [4.78, 5) is 16.5. The molecular formula is C15H21N3O2. The van der Waals surface area contributed by atoms with Gasteiger partial charge in [-0.15, -0.1) is 0 Å². The summed E-state index contributed by atoms with van der Waals surface area (Å²) in [5.74, 6) is 0.603. The highest BCUT2D eigenvalue weighted by Crippen LogP contribution is 2.19. The van der Waals surface area contributed by atoms with Crippen LogP contribution in [0.3, 0.4) is 0 Å². The molecule has 1 aliphatic rings. The Morgan fingerprint density at radius 3 is 2.80 bits per heavy atom. The zero-order chi connectivity index (χ0) is 14.6. The Kier molecular flexibility index (Phi) is 4.27. The number of benzene rings is 1. The van der Waals surface area contributed by atoms with E-state index >= 15 is 0 Å². The van der Waals surface area contributed by atoms with Crippen LogP contribution in [0.2, 0.25) is 0 Å². The van der Waals surface area contributed by atoms with Crippen molar-refractivity contribution in [2.75, 3.05) is 25.0 Å². The molecule has 108 valence electrons. The van der Waals surface area contributed by atoms with E-state index in [2.05, 4.69) is 15.6 Å². The molecule has 5 nitrogen and oxygen atoms in total. The third kappa shape index (κ3) is 3.98. The number of hydrogen-bond acceptors (Lipinski definition) is 5. The zero-order valence-electron chi connectivity index (χ0n) is 12.2. The van der Waals surface area contributed by atoms with E-state index in [0.29, 0.717) is 12.1 Å². The lowest BCUT2D eigenvalue weighted by Crippen LogP contribution is -2.27. The number of ether oxygens (including phenoxy) is 1. The van der Waals surface area contributed by atoms with Gasteiger partial charge in [0.05, 0.1) is 18.7 Å². The first-order chi connectivity index (χ1) is 9.46. The molecule has 2 N–H and O–H groups in total. The molecule has 0 fully saturated rings. The Balaban J connectivity index is 2.07. The summed E-state index contributed by atoms with van der Waals surface area (Å²) in [5.41, 5.74) is 0.806. The normalized spacial score (nSPS) is 14.4. The molecule has 0 spiro atoms. The van der Waals surface area contributed by atoms with Crippen LogP contribution in [0.15, 0.2) is 29.3 Å². The van der Waals surface area contributed by atoms with Crippen molar-refractivity contribution < 1.29 is 9.53 Å². The van der Waals surface area contributed by atoms with Crippen molar-refractivity contribution in [1.82, 2.24) is 5.32 Å². The van der Waals surface area contributed by atoms with Crippen molar-refractivity contribution in [2.24, 2.45) is 4.99 Å². The highest BCUT2D eigenvalue weighted by molar-refractivity contribution is 5.97. The molecule has 0 saturated carbocycles. The lowest BCUT2D eigenvalue weighted by atomic mass is 10.1. The fourth-order valence-corrected chi connectivity index (χ4v) is 1.89. The van der Waals surface area contributed by atoms with Gasteiger partial charge in [0.1, 0.15) is 11.4 Å². The number of para-hydroxylation sites is 1. The predicted molar refractivity (Wildman–Crippen MR) is 80.4 cm³/mol. The Hall–Kier alpha value is -2.04. The number of anilines is 1. The Morgan fingerprint density at radius 1 is 1.40 bits per heavy atom. The number of nitrogens with one attached hydrogen (secondary N) is 2. The first-order valence-corrected chi connectivity index (χ1v) is 6.79. The maximum atomic E-state index is 12.2. The molecule has 20 heavy (non-hydrogen) atoms. The minimum absolute atomic E-state index is 0.318. The monoisotopic (exact) mass is 275 g/mol. The third-order valence-corrected chi connectivity index (χ3v) is 2.74. The van der Waals surface area contributed by atoms with Gasteiger partial charge in [-0.3, -0.25) is 4.99 Å². The van der Waals surface area contributed by atoms with Crippen LogP contribution in [0.4, 0.5) is 5.69 Å². The maximum absolute atomic E-state index is 12.2. The molecule has 5 heteroatoms. The molecule has 0 atom stereocenters. The molecule has 1 aromatic carbocycles. The molecule has 0 aliphatic carbocycles. The van der Waals surface area contributed by atoms with E-state index in [1.807, 2.05) is 39.0 Å². The number of amidine groups is 1. The number of carbonyl (C=O) groups excluding carboxylic acids is 1. The SMILES string of the molecule is CC(C)(C)OC(=O)c1ccccc1NCC1=NCCN1. The molecule has 1 aromatic rings. The summed E-state index contributed by atoms with van der Waals surface area (Å²) >= 11 is 0. The first kappa shape index (κ1) is 14.4. The van der Waals surface area contributed by atoms with Gasteiger partial charge < -0.3 is 15.4 Å². The fourth-order valence-electron chi connectivity index (χ4n) is 1.89. The average molecular weight is 275 g/mol. The van der Waals surface area contributed by atoms with Gasteiger partial charge in [0, 0.05) is 12.2 Å². The Morgan fingerprint density at radius 2 is 2.15 bits per heavy atom. The number of esters is 1. The van der Waals surface area contributed by atoms with Crippen LogP contribution in [0.5, 0.6) is 0 Å². The minimum atomic E-state index is -0.499. The lowest BCUT2D eigenvalue weighted by Gasteiger charge is -2.20. The number of rotatable bonds is 4. The second-order valence-corrected chi connectivity index (χ2v) is 5.66. The van der Waals surface area contributed by atoms with E-state index in [-0.39, 0.29) is 5.97 Å². The van der Waals surface area contributed by atoms with Gasteiger partial charge in [-0.05, 0) is 32.9 Å². The van der Waals surface area contributed by atoms with E-state index in [1.165, 1.54) is 0 Å². The van der Waals surface area contributed by atoms with Crippen molar-refractivity contribution in [3.63, 3.8) is 0 Å². The summed E-state index contributed by atoms with van der Waals surface area (Å²) in [6.45, 7) is 7.85. The van der Waals surface area contributed by atoms with Gasteiger partial charge in [0.2, 0.25) is 0 Å². The zero-order valence-corrected chi connectivity index (χ0v) is 12.2. The highest BCUT2D eigenvalue weighted by atomic mass is 16.6. The van der Waals surface area contributed by atoms with E-state index in [1.54, 1.807) is 6.07 Å². The van der Waals surface area contributed by atoms with Crippen LogP contribution >= 0.6 is 0 Å². The molecule has 0 saturated heterocycles. The van der Waals surface area contributed by atoms with Crippen LogP contribution in [0, 0.1) is 0 Å². The van der Waals surface area contributed by atoms with Crippen molar-refractivity contribution in [1.29, 1.82) is 0 Å². The molecule has 2 rings (SSSR count). The van der Waals surface area contributed by atoms with Crippen LogP contribution in [-0.4, -0.2) is 37.0 Å². The van der Waals surface area contributed by atoms with E-state index in [0.717, 1.165) is 24.6 Å². The largest absolute Gasteiger partial charge is 0.456 e. The fraction of sp³-hybridized carbons (Fsp3) is 0.467. The number of hydrogen-bond donors (Lipinski definition) is 2. The summed E-state index contributed by atoms with van der Waals surface area (Å²) < 4.78 is 5.41. The number of nitrogens with zero attached hydrogens (tertiary/aromatic N) is 1. The summed E-state index contributed by atoms with van der Waals surface area (Å²) in [6, 6.07) is 7.35. The van der Waals surface area contributed by atoms with Crippen LogP contribution in [-0.2, 0) is 4.74 Å². The second-order valence-electron chi connectivity index (χ2n) is 5.66. The second kappa shape index (κ2) is 5.94. The molecule has 0 amide bonds. The summed E-state index contributed by atoms with van der Waals surface area (Å²) in [6.07, 6.45) is 0. The van der Waals surface area contributed by atoms with Crippen molar-refractivity contribution in [3.05, 3.63) is 29.8 Å². The molecule has 1 aliphatic heterocycles. The van der Waals surface area contributed by atoms with Gasteiger partial charge >= 0.3 is 5.97 Å². The minimum Gasteiger partial charge on any atom is -0.456 e. The van der Waals surface area contributed by atoms with E-state index < -0.39 is 5.60 Å². The van der Waals surface area contributed by atoms with Crippen molar-refractivity contribution in [2.45, 2.75) is 26.4 Å². The number of carbonyl (C=O) groups is 1. The predicted octanol–water partition coefficient (Wildman–Crippen LogP) is 2.06. The molecule has 1 heterocycles. The van der Waals surface area contributed by atoms with Gasteiger partial charge in [0.15, 0.2) is 0 Å². The van der Waals surface area contributed by atoms with Gasteiger partial charge in [0.25, 0.3) is 0 Å². The smallest absolute Gasteiger partial charge is 0.340 e. The van der Waals surface area contributed by atoms with Crippen LogP contribution in [0.1, 0.15) is 31.1 Å². The summed E-state index contributed by atoms with van der Waals surface area (Å²) in [7, 11) is 0. The Labute approximate surface area is 119 Å². The maximum Gasteiger partial charge on any atom is 0.340 e.